The van der Waals surface area contributed by atoms with Gasteiger partial charge in [0.2, 0.25) is 10.0 Å². The number of fused-ring (bicyclic) bond motifs is 1. The topological polar surface area (TPSA) is 76.7 Å². The Bertz CT molecular complexity index is 559. The quantitative estimate of drug-likeness (QED) is 0.838. The van der Waals surface area contributed by atoms with Crippen molar-refractivity contribution in [3.8, 4) is 11.5 Å². The van der Waals surface area contributed by atoms with E-state index >= 15 is 0 Å². The zero-order chi connectivity index (χ0) is 14.6. The van der Waals surface area contributed by atoms with Crippen LogP contribution in [0.25, 0.3) is 0 Å². The average Bonchev–Trinajstić information content (AvgIpc) is 2.69. The van der Waals surface area contributed by atoms with E-state index in [1.165, 1.54) is 12.1 Å². The van der Waals surface area contributed by atoms with Gasteiger partial charge in [-0.05, 0) is 26.1 Å². The van der Waals surface area contributed by atoms with Crippen molar-refractivity contribution in [2.75, 3.05) is 26.8 Å². The Kier molecular flexibility index (Phi) is 4.85. The maximum atomic E-state index is 12.2. The molecule has 0 fully saturated rings. The normalized spacial score (nSPS) is 16.5. The molecule has 0 radical (unpaired) electrons. The lowest BCUT2D eigenvalue weighted by Gasteiger charge is -2.13. The maximum Gasteiger partial charge on any atom is 0.240 e. The van der Waals surface area contributed by atoms with Crippen LogP contribution in [0.1, 0.15) is 13.3 Å². The van der Waals surface area contributed by atoms with E-state index in [-0.39, 0.29) is 10.9 Å². The van der Waals surface area contributed by atoms with Crippen molar-refractivity contribution < 1.29 is 17.9 Å². The van der Waals surface area contributed by atoms with Crippen LogP contribution in [-0.2, 0) is 10.0 Å². The fraction of sp³-hybridized carbons (Fsp3) is 0.538. The third-order valence-corrected chi connectivity index (χ3v) is 4.52. The molecule has 1 unspecified atom stereocenters. The fourth-order valence-corrected chi connectivity index (χ4v) is 2.88. The van der Waals surface area contributed by atoms with Crippen molar-refractivity contribution in [3.05, 3.63) is 18.2 Å². The minimum absolute atomic E-state index is 0.0604. The highest BCUT2D eigenvalue weighted by Crippen LogP contribution is 2.31. The first kappa shape index (κ1) is 15.1. The minimum atomic E-state index is -3.54. The molecule has 1 atom stereocenters. The molecule has 1 heterocycles. The molecule has 0 spiro atoms. The van der Waals surface area contributed by atoms with E-state index in [1.807, 2.05) is 6.92 Å². The van der Waals surface area contributed by atoms with Crippen molar-refractivity contribution in [3.63, 3.8) is 0 Å². The lowest BCUT2D eigenvalue weighted by molar-refractivity contribution is 0.297. The van der Waals surface area contributed by atoms with Gasteiger partial charge in [0, 0.05) is 25.1 Å². The Hall–Kier alpha value is -1.31. The summed E-state index contributed by atoms with van der Waals surface area (Å²) in [6.45, 7) is 3.33. The van der Waals surface area contributed by atoms with E-state index in [0.29, 0.717) is 31.3 Å². The van der Waals surface area contributed by atoms with Crippen LogP contribution < -0.4 is 19.5 Å². The predicted octanol–water partition coefficient (Wildman–Crippen LogP) is 0.734. The summed E-state index contributed by atoms with van der Waals surface area (Å²) in [6, 6.07) is 4.73. The molecule has 1 aromatic rings. The van der Waals surface area contributed by atoms with Crippen molar-refractivity contribution in [1.82, 2.24) is 10.0 Å². The lowest BCUT2D eigenvalue weighted by Crippen LogP contribution is -2.37. The highest BCUT2D eigenvalue weighted by atomic mass is 32.2. The number of hydrogen-bond donors (Lipinski definition) is 2. The van der Waals surface area contributed by atoms with Crippen LogP contribution in [-0.4, -0.2) is 41.3 Å². The Labute approximate surface area is 119 Å². The number of benzene rings is 1. The first-order valence-corrected chi connectivity index (χ1v) is 8.08. The van der Waals surface area contributed by atoms with Gasteiger partial charge in [-0.2, -0.15) is 0 Å². The Morgan fingerprint density at radius 3 is 2.65 bits per heavy atom. The molecule has 2 rings (SSSR count). The minimum Gasteiger partial charge on any atom is -0.490 e. The molecule has 20 heavy (non-hydrogen) atoms. The molecule has 0 saturated heterocycles. The molecule has 1 aromatic carbocycles. The first-order chi connectivity index (χ1) is 9.53. The highest BCUT2D eigenvalue weighted by molar-refractivity contribution is 7.89. The smallest absolute Gasteiger partial charge is 0.240 e. The third kappa shape index (κ3) is 3.62. The van der Waals surface area contributed by atoms with Crippen molar-refractivity contribution in [2.24, 2.45) is 0 Å². The third-order valence-electron chi connectivity index (χ3n) is 3.10. The molecule has 0 aromatic heterocycles. The molecule has 0 amide bonds. The Balaban J connectivity index is 2.17. The molecule has 0 bridgehead atoms. The number of likely N-dealkylation sites (N-methyl/N-ethyl adjacent to an activating group) is 1. The van der Waals surface area contributed by atoms with Gasteiger partial charge in [-0.3, -0.25) is 0 Å². The van der Waals surface area contributed by atoms with Crippen LogP contribution in [0.15, 0.2) is 23.1 Å². The second-order valence-corrected chi connectivity index (χ2v) is 6.47. The number of sulfonamides is 1. The zero-order valence-corrected chi connectivity index (χ0v) is 12.5. The second-order valence-electron chi connectivity index (χ2n) is 4.70. The number of nitrogens with one attached hydrogen (secondary N) is 2. The summed E-state index contributed by atoms with van der Waals surface area (Å²) in [7, 11) is -1.75. The Morgan fingerprint density at radius 2 is 1.95 bits per heavy atom. The fourth-order valence-electron chi connectivity index (χ4n) is 1.73. The lowest BCUT2D eigenvalue weighted by atomic mass is 10.3. The first-order valence-electron chi connectivity index (χ1n) is 6.59. The molecule has 1 aliphatic rings. The summed E-state index contributed by atoms with van der Waals surface area (Å²) >= 11 is 0. The molecular formula is C13H20N2O4S. The largest absolute Gasteiger partial charge is 0.490 e. The number of rotatable bonds is 5. The van der Waals surface area contributed by atoms with E-state index in [0.717, 1.165) is 6.42 Å². The van der Waals surface area contributed by atoms with E-state index in [2.05, 4.69) is 10.0 Å². The van der Waals surface area contributed by atoms with E-state index in [1.54, 1.807) is 13.1 Å². The number of hydrogen-bond acceptors (Lipinski definition) is 5. The predicted molar refractivity (Wildman–Crippen MR) is 75.8 cm³/mol. The molecule has 6 nitrogen and oxygen atoms in total. The van der Waals surface area contributed by atoms with Crippen molar-refractivity contribution in [2.45, 2.75) is 24.3 Å². The van der Waals surface area contributed by atoms with Gasteiger partial charge in [-0.1, -0.05) is 0 Å². The van der Waals surface area contributed by atoms with Crippen LogP contribution in [0, 0.1) is 0 Å². The van der Waals surface area contributed by atoms with Gasteiger partial charge in [0.15, 0.2) is 11.5 Å². The SMILES string of the molecule is CNC(C)CNS(=O)(=O)c1ccc2c(c1)OCCCO2. The van der Waals surface area contributed by atoms with Gasteiger partial charge in [-0.25, -0.2) is 13.1 Å². The van der Waals surface area contributed by atoms with Crippen molar-refractivity contribution in [1.29, 1.82) is 0 Å². The highest BCUT2D eigenvalue weighted by Gasteiger charge is 2.19. The van der Waals surface area contributed by atoms with Crippen LogP contribution in [0.2, 0.25) is 0 Å². The van der Waals surface area contributed by atoms with Gasteiger partial charge >= 0.3 is 0 Å². The summed E-state index contributed by atoms with van der Waals surface area (Å²) < 4.78 is 37.9. The Morgan fingerprint density at radius 1 is 1.25 bits per heavy atom. The molecular weight excluding hydrogens is 280 g/mol. The van der Waals surface area contributed by atoms with Gasteiger partial charge in [0.05, 0.1) is 18.1 Å². The van der Waals surface area contributed by atoms with Gasteiger partial charge in [-0.15, -0.1) is 0 Å². The second kappa shape index (κ2) is 6.43. The van der Waals surface area contributed by atoms with Gasteiger partial charge < -0.3 is 14.8 Å². The molecule has 2 N–H and O–H groups in total. The zero-order valence-electron chi connectivity index (χ0n) is 11.7. The van der Waals surface area contributed by atoms with Crippen LogP contribution in [0.3, 0.4) is 0 Å². The maximum absolute atomic E-state index is 12.2. The van der Waals surface area contributed by atoms with E-state index < -0.39 is 10.0 Å². The summed E-state index contributed by atoms with van der Waals surface area (Å²) in [5.74, 6) is 1.07. The monoisotopic (exact) mass is 300 g/mol. The summed E-state index contributed by atoms with van der Waals surface area (Å²) in [6.07, 6.45) is 0.786. The summed E-state index contributed by atoms with van der Waals surface area (Å²) in [5, 5.41) is 2.98. The summed E-state index contributed by atoms with van der Waals surface area (Å²) in [4.78, 5) is 0.185. The molecule has 0 aliphatic carbocycles. The van der Waals surface area contributed by atoms with Gasteiger partial charge in [0.25, 0.3) is 0 Å². The van der Waals surface area contributed by atoms with E-state index in [9.17, 15) is 8.42 Å². The van der Waals surface area contributed by atoms with Crippen LogP contribution in [0.4, 0.5) is 0 Å². The number of ether oxygens (including phenoxy) is 2. The summed E-state index contributed by atoms with van der Waals surface area (Å²) in [5.41, 5.74) is 0. The van der Waals surface area contributed by atoms with E-state index in [4.69, 9.17) is 9.47 Å². The average molecular weight is 300 g/mol. The molecule has 7 heteroatoms. The molecule has 0 saturated carbocycles. The molecule has 112 valence electrons. The van der Waals surface area contributed by atoms with Crippen molar-refractivity contribution >= 4 is 10.0 Å². The van der Waals surface area contributed by atoms with Gasteiger partial charge in [0.1, 0.15) is 0 Å². The molecule has 1 aliphatic heterocycles. The van der Waals surface area contributed by atoms with Crippen LogP contribution >= 0.6 is 0 Å². The standard InChI is InChI=1S/C13H20N2O4S/c1-10(14-2)9-15-20(16,17)11-4-5-12-13(8-11)19-7-3-6-18-12/h4-5,8,10,14-15H,3,6-7,9H2,1-2H3. The van der Waals surface area contributed by atoms with Crippen LogP contribution in [0.5, 0.6) is 11.5 Å².